The van der Waals surface area contributed by atoms with Gasteiger partial charge in [0.25, 0.3) is 0 Å². The van der Waals surface area contributed by atoms with E-state index in [1.807, 2.05) is 44.9 Å². The van der Waals surface area contributed by atoms with Gasteiger partial charge < -0.3 is 0 Å². The smallest absolute Gasteiger partial charge is 0.143 e. The van der Waals surface area contributed by atoms with Gasteiger partial charge in [-0.1, -0.05) is 0 Å². The van der Waals surface area contributed by atoms with E-state index < -0.39 is 0 Å². The van der Waals surface area contributed by atoms with Gasteiger partial charge in [0.2, 0.25) is 0 Å². The zero-order valence-corrected chi connectivity index (χ0v) is 11.3. The van der Waals surface area contributed by atoms with Crippen LogP contribution in [0.4, 0.5) is 0 Å². The van der Waals surface area contributed by atoms with Crippen molar-refractivity contribution in [2.45, 2.75) is 26.7 Å². The molecule has 0 bridgehead atoms. The van der Waals surface area contributed by atoms with E-state index in [2.05, 4.69) is 10.2 Å². The quantitative estimate of drug-likeness (QED) is 0.812. The number of hydrogen-bond donors (Lipinski definition) is 0. The van der Waals surface area contributed by atoms with Crippen molar-refractivity contribution in [3.05, 3.63) is 34.9 Å². The highest BCUT2D eigenvalue weighted by Gasteiger charge is 2.14. The lowest BCUT2D eigenvalue weighted by Crippen LogP contribution is -2.09. The Kier molecular flexibility index (Phi) is 3.32. The second-order valence-corrected chi connectivity index (χ2v) is 4.65. The van der Waals surface area contributed by atoms with Crippen molar-refractivity contribution in [1.82, 2.24) is 19.6 Å². The van der Waals surface area contributed by atoms with Crippen molar-refractivity contribution in [1.29, 1.82) is 0 Å². The number of hydrogen-bond acceptors (Lipinski definition) is 3. The van der Waals surface area contributed by atoms with Gasteiger partial charge in [0.05, 0.1) is 17.8 Å². The molecule has 2 rings (SSSR count). The predicted octanol–water partition coefficient (Wildman–Crippen LogP) is 1.12. The summed E-state index contributed by atoms with van der Waals surface area (Å²) < 4.78 is 3.53. The predicted molar refractivity (Wildman–Crippen MR) is 68.3 cm³/mol. The number of rotatable bonds is 4. The van der Waals surface area contributed by atoms with E-state index in [-0.39, 0.29) is 5.78 Å². The van der Waals surface area contributed by atoms with Gasteiger partial charge in [-0.15, -0.1) is 0 Å². The van der Waals surface area contributed by atoms with Gasteiger partial charge in [-0.2, -0.15) is 10.2 Å². The second kappa shape index (κ2) is 4.76. The van der Waals surface area contributed by atoms with Gasteiger partial charge in [0.15, 0.2) is 0 Å². The summed E-state index contributed by atoms with van der Waals surface area (Å²) in [5.74, 6) is 0.174. The molecular weight excluding hydrogens is 228 g/mol. The summed E-state index contributed by atoms with van der Waals surface area (Å²) >= 11 is 0. The van der Waals surface area contributed by atoms with E-state index in [9.17, 15) is 4.79 Å². The molecule has 0 saturated carbocycles. The molecule has 2 aromatic rings. The van der Waals surface area contributed by atoms with Gasteiger partial charge in [-0.05, 0) is 19.9 Å². The molecule has 0 aromatic carbocycles. The number of carbonyl (C=O) groups is 1. The highest BCUT2D eigenvalue weighted by atomic mass is 16.1. The molecule has 5 nitrogen and oxygen atoms in total. The Labute approximate surface area is 106 Å². The normalized spacial score (nSPS) is 10.9. The molecule has 0 aliphatic carbocycles. The van der Waals surface area contributed by atoms with Crippen LogP contribution in [0.5, 0.6) is 0 Å². The molecule has 0 atom stereocenters. The third-order valence-electron chi connectivity index (χ3n) is 3.18. The van der Waals surface area contributed by atoms with Crippen LogP contribution in [-0.2, 0) is 31.7 Å². The maximum Gasteiger partial charge on any atom is 0.143 e. The molecule has 0 fully saturated rings. The minimum Gasteiger partial charge on any atom is -0.299 e. The van der Waals surface area contributed by atoms with Crippen LogP contribution >= 0.6 is 0 Å². The lowest BCUT2D eigenvalue weighted by Gasteiger charge is -2.00. The lowest BCUT2D eigenvalue weighted by molar-refractivity contribution is -0.117. The van der Waals surface area contributed by atoms with Gasteiger partial charge in [0, 0.05) is 38.0 Å². The number of aryl methyl sites for hydroxylation is 3. The van der Waals surface area contributed by atoms with Crippen LogP contribution in [0, 0.1) is 13.8 Å². The Morgan fingerprint density at radius 3 is 2.44 bits per heavy atom. The lowest BCUT2D eigenvalue weighted by atomic mass is 10.0. The number of Topliss-reactive ketones (excluding diaryl/α,β-unsaturated/α-hetero) is 1. The third-order valence-corrected chi connectivity index (χ3v) is 3.18. The first-order valence-electron chi connectivity index (χ1n) is 5.96. The van der Waals surface area contributed by atoms with Gasteiger partial charge in [0.1, 0.15) is 5.78 Å². The zero-order chi connectivity index (χ0) is 13.3. The summed E-state index contributed by atoms with van der Waals surface area (Å²) in [4.78, 5) is 12.0. The molecule has 2 aromatic heterocycles. The van der Waals surface area contributed by atoms with Crippen molar-refractivity contribution >= 4 is 5.78 Å². The van der Waals surface area contributed by atoms with Gasteiger partial charge >= 0.3 is 0 Å². The summed E-state index contributed by atoms with van der Waals surface area (Å²) in [5, 5.41) is 8.54. The number of aromatic nitrogens is 4. The zero-order valence-electron chi connectivity index (χ0n) is 11.3. The maximum atomic E-state index is 12.0. The Morgan fingerprint density at radius 2 is 1.94 bits per heavy atom. The summed E-state index contributed by atoms with van der Waals surface area (Å²) in [6.45, 7) is 3.93. The first-order valence-corrected chi connectivity index (χ1v) is 5.96. The average molecular weight is 246 g/mol. The Morgan fingerprint density at radius 1 is 1.22 bits per heavy atom. The molecule has 5 heteroatoms. The van der Waals surface area contributed by atoms with E-state index in [1.54, 1.807) is 4.68 Å². The van der Waals surface area contributed by atoms with Crippen molar-refractivity contribution in [3.63, 3.8) is 0 Å². The van der Waals surface area contributed by atoms with Crippen LogP contribution in [-0.4, -0.2) is 25.3 Å². The Bertz CT molecular complexity index is 580. The minimum atomic E-state index is 0.174. The van der Waals surface area contributed by atoms with Crippen LogP contribution < -0.4 is 0 Å². The van der Waals surface area contributed by atoms with E-state index >= 15 is 0 Å². The molecular formula is C13H18N4O. The topological polar surface area (TPSA) is 52.7 Å². The first kappa shape index (κ1) is 12.5. The molecule has 18 heavy (non-hydrogen) atoms. The summed E-state index contributed by atoms with van der Waals surface area (Å²) in [5.41, 5.74) is 3.85. The van der Waals surface area contributed by atoms with Crippen molar-refractivity contribution < 1.29 is 4.79 Å². The minimum absolute atomic E-state index is 0.174. The van der Waals surface area contributed by atoms with E-state index in [0.29, 0.717) is 12.8 Å². The fraction of sp³-hybridized carbons (Fsp3) is 0.462. The van der Waals surface area contributed by atoms with Crippen LogP contribution in [0.15, 0.2) is 12.3 Å². The van der Waals surface area contributed by atoms with Crippen LogP contribution in [0.1, 0.15) is 22.6 Å². The number of ketones is 1. The van der Waals surface area contributed by atoms with Crippen LogP contribution in [0.3, 0.4) is 0 Å². The summed E-state index contributed by atoms with van der Waals surface area (Å²) in [6.07, 6.45) is 2.67. The molecule has 2 heterocycles. The molecule has 0 aliphatic heterocycles. The van der Waals surface area contributed by atoms with Gasteiger partial charge in [-0.25, -0.2) is 0 Å². The summed E-state index contributed by atoms with van der Waals surface area (Å²) in [7, 11) is 3.75. The largest absolute Gasteiger partial charge is 0.299 e. The van der Waals surface area contributed by atoms with E-state index in [0.717, 1.165) is 22.6 Å². The Hall–Kier alpha value is -1.91. The van der Waals surface area contributed by atoms with E-state index in [4.69, 9.17) is 0 Å². The first-order chi connectivity index (χ1) is 8.47. The molecule has 0 N–H and O–H groups in total. The van der Waals surface area contributed by atoms with Crippen LogP contribution in [0.25, 0.3) is 0 Å². The molecule has 0 spiro atoms. The van der Waals surface area contributed by atoms with Crippen LogP contribution in [0.2, 0.25) is 0 Å². The van der Waals surface area contributed by atoms with E-state index in [1.165, 1.54) is 0 Å². The third kappa shape index (κ3) is 2.50. The summed E-state index contributed by atoms with van der Waals surface area (Å²) in [6, 6.07) is 1.88. The number of carbonyl (C=O) groups excluding carboxylic acids is 1. The molecule has 0 unspecified atom stereocenters. The van der Waals surface area contributed by atoms with Crippen molar-refractivity contribution in [2.24, 2.45) is 14.1 Å². The SMILES string of the molecule is Cc1nn(C)c(C)c1CC(=O)Cc1ccn(C)n1. The standard InChI is InChI=1S/C13H18N4O/c1-9-13(10(2)17(4)14-9)8-12(18)7-11-5-6-16(3)15-11/h5-6H,7-8H2,1-4H3. The number of nitrogens with zero attached hydrogens (tertiary/aromatic N) is 4. The van der Waals surface area contributed by atoms with Crippen molar-refractivity contribution in [3.8, 4) is 0 Å². The molecule has 0 saturated heterocycles. The molecule has 96 valence electrons. The highest BCUT2D eigenvalue weighted by molar-refractivity contribution is 5.83. The molecule has 0 amide bonds. The highest BCUT2D eigenvalue weighted by Crippen LogP contribution is 2.13. The Balaban J connectivity index is 2.07. The van der Waals surface area contributed by atoms with Gasteiger partial charge in [-0.3, -0.25) is 14.2 Å². The monoisotopic (exact) mass is 246 g/mol. The molecule has 0 radical (unpaired) electrons. The maximum absolute atomic E-state index is 12.0. The fourth-order valence-electron chi connectivity index (χ4n) is 2.09. The fourth-order valence-corrected chi connectivity index (χ4v) is 2.09. The average Bonchev–Trinajstić information content (AvgIpc) is 2.78. The van der Waals surface area contributed by atoms with Crippen molar-refractivity contribution in [2.75, 3.05) is 0 Å². The second-order valence-electron chi connectivity index (χ2n) is 4.65. The molecule has 0 aliphatic rings.